The van der Waals surface area contributed by atoms with Gasteiger partial charge in [-0.2, -0.15) is 0 Å². The smallest absolute Gasteiger partial charge is 0.256 e. The molecule has 1 amide bonds. The predicted octanol–water partition coefficient (Wildman–Crippen LogP) is 0.422. The summed E-state index contributed by atoms with van der Waals surface area (Å²) in [7, 11) is 0. The summed E-state index contributed by atoms with van der Waals surface area (Å²) in [5, 5.41) is 0. The van der Waals surface area contributed by atoms with Crippen molar-refractivity contribution in [3.05, 3.63) is 0 Å². The number of carbonyl (C=O) groups excluding carboxylic acids is 1. The van der Waals surface area contributed by atoms with E-state index in [2.05, 4.69) is 9.98 Å². The molecule has 1 saturated heterocycles. The Bertz CT molecular complexity index is 258. The Morgan fingerprint density at radius 3 is 3.33 bits per heavy atom. The molecule has 0 aromatic carbocycles. The molecule has 0 aliphatic carbocycles. The van der Waals surface area contributed by atoms with Gasteiger partial charge in [-0.3, -0.25) is 4.79 Å². The monoisotopic (exact) mass is 166 g/mol. The molecule has 0 unspecified atom stereocenters. The van der Waals surface area contributed by atoms with Crippen molar-refractivity contribution in [2.75, 3.05) is 13.2 Å². The summed E-state index contributed by atoms with van der Waals surface area (Å²) in [6.45, 7) is 1.32. The Hall–Kier alpha value is -1.03. The predicted molar refractivity (Wildman–Crippen MR) is 44.5 cm³/mol. The zero-order chi connectivity index (χ0) is 8.39. The molecule has 0 bridgehead atoms. The lowest BCUT2D eigenvalue weighted by Gasteiger charge is -2.13. The highest BCUT2D eigenvalue weighted by Gasteiger charge is 2.27. The molecule has 0 aromatic heterocycles. The molecule has 12 heavy (non-hydrogen) atoms. The topological polar surface area (TPSA) is 51.0 Å². The van der Waals surface area contributed by atoms with Gasteiger partial charge in [0, 0.05) is 18.7 Å². The maximum absolute atomic E-state index is 11.2. The number of hydrogen-bond donors (Lipinski definition) is 0. The van der Waals surface area contributed by atoms with Crippen LogP contribution in [-0.2, 0) is 9.53 Å². The van der Waals surface area contributed by atoms with Crippen molar-refractivity contribution in [2.45, 2.75) is 12.8 Å². The Balaban J connectivity index is 2.22. The fourth-order valence-electron chi connectivity index (χ4n) is 1.49. The average Bonchev–Trinajstić information content (AvgIpc) is 2.30. The van der Waals surface area contributed by atoms with E-state index in [1.807, 2.05) is 0 Å². The quantitative estimate of drug-likeness (QED) is 0.523. The van der Waals surface area contributed by atoms with Crippen LogP contribution in [0.1, 0.15) is 12.8 Å². The van der Waals surface area contributed by atoms with Crippen LogP contribution in [-0.4, -0.2) is 31.2 Å². The SMILES string of the molecule is O=C1N=CN=C2CCOCC[C@@H]12. The second-order valence-electron chi connectivity index (χ2n) is 2.91. The first-order valence-corrected chi connectivity index (χ1v) is 4.08. The van der Waals surface area contributed by atoms with E-state index in [1.165, 1.54) is 6.34 Å². The molecule has 0 aromatic rings. The van der Waals surface area contributed by atoms with Crippen LogP contribution >= 0.6 is 0 Å². The summed E-state index contributed by atoms with van der Waals surface area (Å²) in [4.78, 5) is 19.0. The van der Waals surface area contributed by atoms with Crippen molar-refractivity contribution in [3.8, 4) is 0 Å². The van der Waals surface area contributed by atoms with E-state index >= 15 is 0 Å². The van der Waals surface area contributed by atoms with Gasteiger partial charge >= 0.3 is 0 Å². The Morgan fingerprint density at radius 2 is 2.42 bits per heavy atom. The molecule has 2 aliphatic rings. The molecule has 2 rings (SSSR count). The molecule has 0 radical (unpaired) electrons. The van der Waals surface area contributed by atoms with Crippen LogP contribution < -0.4 is 0 Å². The second kappa shape index (κ2) is 3.15. The van der Waals surface area contributed by atoms with Gasteiger partial charge < -0.3 is 4.74 Å². The Kier molecular flexibility index (Phi) is 1.99. The summed E-state index contributed by atoms with van der Waals surface area (Å²) in [5.41, 5.74) is 0.938. The van der Waals surface area contributed by atoms with Crippen LogP contribution in [0.3, 0.4) is 0 Å². The molecule has 1 fully saturated rings. The van der Waals surface area contributed by atoms with E-state index in [0.717, 1.165) is 18.6 Å². The first-order chi connectivity index (χ1) is 5.88. The van der Waals surface area contributed by atoms with Gasteiger partial charge in [0.05, 0.1) is 12.5 Å². The first kappa shape index (κ1) is 7.61. The second-order valence-corrected chi connectivity index (χ2v) is 2.91. The molecule has 0 spiro atoms. The number of ether oxygens (including phenoxy) is 1. The molecule has 2 heterocycles. The van der Waals surface area contributed by atoms with Crippen LogP contribution in [0.2, 0.25) is 0 Å². The van der Waals surface area contributed by atoms with Crippen molar-refractivity contribution >= 4 is 18.0 Å². The van der Waals surface area contributed by atoms with Gasteiger partial charge in [-0.05, 0) is 6.42 Å². The molecule has 0 saturated carbocycles. The summed E-state index contributed by atoms with van der Waals surface area (Å²) < 4.78 is 5.25. The minimum absolute atomic E-state index is 0.0644. The van der Waals surface area contributed by atoms with Crippen LogP contribution in [0.5, 0.6) is 0 Å². The summed E-state index contributed by atoms with van der Waals surface area (Å²) >= 11 is 0. The fourth-order valence-corrected chi connectivity index (χ4v) is 1.49. The maximum atomic E-state index is 11.2. The van der Waals surface area contributed by atoms with E-state index in [1.54, 1.807) is 0 Å². The van der Waals surface area contributed by atoms with Gasteiger partial charge in [0.2, 0.25) is 0 Å². The van der Waals surface area contributed by atoms with Gasteiger partial charge in [-0.15, -0.1) is 0 Å². The zero-order valence-corrected chi connectivity index (χ0v) is 6.69. The normalized spacial score (nSPS) is 29.2. The maximum Gasteiger partial charge on any atom is 0.256 e. The molecule has 2 aliphatic heterocycles. The third-order valence-corrected chi connectivity index (χ3v) is 2.16. The number of amides is 1. The van der Waals surface area contributed by atoms with E-state index in [4.69, 9.17) is 4.74 Å². The number of aliphatic imine (C=N–C) groups is 2. The van der Waals surface area contributed by atoms with Crippen molar-refractivity contribution in [3.63, 3.8) is 0 Å². The minimum atomic E-state index is -0.0995. The van der Waals surface area contributed by atoms with Crippen molar-refractivity contribution in [1.29, 1.82) is 0 Å². The molecule has 4 heteroatoms. The van der Waals surface area contributed by atoms with E-state index < -0.39 is 0 Å². The molecular formula is C8H10N2O2. The molecule has 64 valence electrons. The fraction of sp³-hybridized carbons (Fsp3) is 0.625. The number of nitrogens with zero attached hydrogens (tertiary/aromatic N) is 2. The zero-order valence-electron chi connectivity index (χ0n) is 6.69. The van der Waals surface area contributed by atoms with Crippen LogP contribution in [0, 0.1) is 5.92 Å². The minimum Gasteiger partial charge on any atom is -0.381 e. The summed E-state index contributed by atoms with van der Waals surface area (Å²) in [6.07, 6.45) is 2.84. The van der Waals surface area contributed by atoms with Gasteiger partial charge in [0.25, 0.3) is 5.91 Å². The third kappa shape index (κ3) is 1.30. The van der Waals surface area contributed by atoms with Gasteiger partial charge in [-0.1, -0.05) is 0 Å². The van der Waals surface area contributed by atoms with Crippen LogP contribution in [0.25, 0.3) is 0 Å². The van der Waals surface area contributed by atoms with Gasteiger partial charge in [0.15, 0.2) is 0 Å². The first-order valence-electron chi connectivity index (χ1n) is 4.08. The standard InChI is InChI=1S/C8H10N2O2/c11-8-6-1-3-12-4-2-7(6)9-5-10-8/h5-6H,1-4H2/t6-/m1/s1. The lowest BCUT2D eigenvalue weighted by molar-refractivity contribution is -0.120. The van der Waals surface area contributed by atoms with Crippen LogP contribution in [0.4, 0.5) is 0 Å². The van der Waals surface area contributed by atoms with E-state index in [0.29, 0.717) is 13.2 Å². The lowest BCUT2D eigenvalue weighted by atomic mass is 9.97. The molecule has 1 atom stereocenters. The number of rotatable bonds is 0. The molecular weight excluding hydrogens is 156 g/mol. The van der Waals surface area contributed by atoms with Gasteiger partial charge in [0.1, 0.15) is 6.34 Å². The van der Waals surface area contributed by atoms with Crippen molar-refractivity contribution in [2.24, 2.45) is 15.9 Å². The van der Waals surface area contributed by atoms with Crippen molar-refractivity contribution in [1.82, 2.24) is 0 Å². The van der Waals surface area contributed by atoms with E-state index in [-0.39, 0.29) is 11.8 Å². The van der Waals surface area contributed by atoms with Crippen LogP contribution in [0.15, 0.2) is 9.98 Å². The highest BCUT2D eigenvalue weighted by atomic mass is 16.5. The summed E-state index contributed by atoms with van der Waals surface area (Å²) in [6, 6.07) is 0. The number of carbonyl (C=O) groups is 1. The average molecular weight is 166 g/mol. The number of fused-ring (bicyclic) bond motifs is 1. The van der Waals surface area contributed by atoms with E-state index in [9.17, 15) is 4.79 Å². The molecule has 4 nitrogen and oxygen atoms in total. The number of hydrogen-bond acceptors (Lipinski definition) is 3. The Morgan fingerprint density at radius 1 is 1.50 bits per heavy atom. The highest BCUT2D eigenvalue weighted by molar-refractivity contribution is 6.11. The van der Waals surface area contributed by atoms with Crippen molar-refractivity contribution < 1.29 is 9.53 Å². The molecule has 0 N–H and O–H groups in total. The lowest BCUT2D eigenvalue weighted by Crippen LogP contribution is -2.25. The summed E-state index contributed by atoms with van der Waals surface area (Å²) in [5.74, 6) is -0.164. The van der Waals surface area contributed by atoms with Gasteiger partial charge in [-0.25, -0.2) is 9.98 Å². The third-order valence-electron chi connectivity index (χ3n) is 2.16. The Labute approximate surface area is 70.3 Å². The largest absolute Gasteiger partial charge is 0.381 e. The highest BCUT2D eigenvalue weighted by Crippen LogP contribution is 2.17.